The Labute approximate surface area is 114 Å². The molecule has 0 aliphatic rings. The molecule has 0 saturated carbocycles. The molecule has 0 spiro atoms. The highest BCUT2D eigenvalue weighted by Gasteiger charge is 2.04. The van der Waals surface area contributed by atoms with Gasteiger partial charge in [-0.05, 0) is 52.4 Å². The molecule has 5 nitrogen and oxygen atoms in total. The number of furan rings is 1. The van der Waals surface area contributed by atoms with E-state index in [9.17, 15) is 9.59 Å². The van der Waals surface area contributed by atoms with Crippen LogP contribution in [0.15, 0.2) is 22.8 Å². The molecule has 0 atom stereocenters. The zero-order valence-electron chi connectivity index (χ0n) is 12.0. The van der Waals surface area contributed by atoms with Crippen molar-refractivity contribution in [3.05, 3.63) is 24.2 Å². The maximum absolute atomic E-state index is 10.9. The van der Waals surface area contributed by atoms with Crippen molar-refractivity contribution in [2.24, 2.45) is 0 Å². The number of carbonyl (C=O) groups excluding carboxylic acids is 2. The second kappa shape index (κ2) is 11.5. The van der Waals surface area contributed by atoms with Gasteiger partial charge in [-0.15, -0.1) is 0 Å². The maximum atomic E-state index is 10.9. The summed E-state index contributed by atoms with van der Waals surface area (Å²) in [4.78, 5) is 21.3. The summed E-state index contributed by atoms with van der Waals surface area (Å²) < 4.78 is 4.84. The maximum Gasteiger partial charge on any atom is 0.286 e. The number of rotatable bonds is 7. The number of Topliss-reactive ketones (excluding diaryl/α,β-unsaturated/α-hetero) is 1. The van der Waals surface area contributed by atoms with Gasteiger partial charge < -0.3 is 19.8 Å². The van der Waals surface area contributed by atoms with Crippen molar-refractivity contribution in [2.75, 3.05) is 20.1 Å². The van der Waals surface area contributed by atoms with Gasteiger partial charge >= 0.3 is 0 Å². The van der Waals surface area contributed by atoms with Crippen LogP contribution in [0.2, 0.25) is 0 Å². The summed E-state index contributed by atoms with van der Waals surface area (Å²) in [5, 5.41) is 5.65. The SMILES string of the molecule is CCNC(=O)c1ccco1.CNCCCCC(C)=O. The van der Waals surface area contributed by atoms with Gasteiger partial charge in [-0.1, -0.05) is 0 Å². The molecule has 1 amide bonds. The third kappa shape index (κ3) is 10.0. The molecule has 0 fully saturated rings. The van der Waals surface area contributed by atoms with E-state index in [0.29, 0.717) is 18.1 Å². The first-order valence-corrected chi connectivity index (χ1v) is 6.57. The third-order valence-electron chi connectivity index (χ3n) is 2.29. The molecule has 1 heterocycles. The number of unbranched alkanes of at least 4 members (excludes halogenated alkanes) is 1. The van der Waals surface area contributed by atoms with E-state index < -0.39 is 0 Å². The second-order valence-electron chi connectivity index (χ2n) is 4.10. The number of amides is 1. The average Bonchev–Trinajstić information content (AvgIpc) is 2.89. The average molecular weight is 268 g/mol. The Bertz CT molecular complexity index is 348. The Morgan fingerprint density at radius 1 is 1.32 bits per heavy atom. The van der Waals surface area contributed by atoms with E-state index >= 15 is 0 Å². The predicted octanol–water partition coefficient (Wildman–Crippen LogP) is 1.99. The molecule has 0 unspecified atom stereocenters. The summed E-state index contributed by atoms with van der Waals surface area (Å²) in [6, 6.07) is 3.32. The zero-order valence-corrected chi connectivity index (χ0v) is 12.0. The quantitative estimate of drug-likeness (QED) is 0.742. The Morgan fingerprint density at radius 2 is 2.05 bits per heavy atom. The van der Waals surface area contributed by atoms with Crippen LogP contribution in [-0.4, -0.2) is 31.8 Å². The van der Waals surface area contributed by atoms with Crippen molar-refractivity contribution in [2.45, 2.75) is 33.1 Å². The minimum atomic E-state index is -0.160. The second-order valence-corrected chi connectivity index (χ2v) is 4.10. The summed E-state index contributed by atoms with van der Waals surface area (Å²) in [6.45, 7) is 5.15. The van der Waals surface area contributed by atoms with Crippen molar-refractivity contribution < 1.29 is 14.0 Å². The van der Waals surface area contributed by atoms with Crippen LogP contribution in [0.4, 0.5) is 0 Å². The largest absolute Gasteiger partial charge is 0.459 e. The Morgan fingerprint density at radius 3 is 2.53 bits per heavy atom. The molecule has 5 heteroatoms. The van der Waals surface area contributed by atoms with E-state index in [-0.39, 0.29) is 5.91 Å². The Kier molecular flexibility index (Phi) is 10.5. The van der Waals surface area contributed by atoms with Crippen LogP contribution in [0.5, 0.6) is 0 Å². The summed E-state index contributed by atoms with van der Waals surface area (Å²) in [7, 11) is 1.92. The van der Waals surface area contributed by atoms with Gasteiger partial charge in [0.1, 0.15) is 5.78 Å². The van der Waals surface area contributed by atoms with Crippen molar-refractivity contribution in [3.8, 4) is 0 Å². The molecule has 1 aromatic heterocycles. The summed E-state index contributed by atoms with van der Waals surface area (Å²) in [6.07, 6.45) is 4.35. The Hall–Kier alpha value is -1.62. The van der Waals surface area contributed by atoms with E-state index in [1.165, 1.54) is 6.26 Å². The van der Waals surface area contributed by atoms with Crippen LogP contribution in [0.25, 0.3) is 0 Å². The molecular formula is C14H24N2O3. The first kappa shape index (κ1) is 17.4. The normalized spacial score (nSPS) is 9.42. The van der Waals surface area contributed by atoms with E-state index in [0.717, 1.165) is 25.8 Å². The number of hydrogen-bond donors (Lipinski definition) is 2. The first-order valence-electron chi connectivity index (χ1n) is 6.57. The number of nitrogens with one attached hydrogen (secondary N) is 2. The van der Waals surface area contributed by atoms with Crippen molar-refractivity contribution in [3.63, 3.8) is 0 Å². The number of carbonyl (C=O) groups is 2. The van der Waals surface area contributed by atoms with E-state index in [4.69, 9.17) is 4.42 Å². The lowest BCUT2D eigenvalue weighted by Crippen LogP contribution is -2.21. The highest BCUT2D eigenvalue weighted by Crippen LogP contribution is 1.98. The fourth-order valence-corrected chi connectivity index (χ4v) is 1.33. The van der Waals surface area contributed by atoms with Gasteiger partial charge in [0, 0.05) is 13.0 Å². The minimum Gasteiger partial charge on any atom is -0.459 e. The van der Waals surface area contributed by atoms with E-state index in [1.54, 1.807) is 19.1 Å². The first-order chi connectivity index (χ1) is 9.11. The van der Waals surface area contributed by atoms with Crippen molar-refractivity contribution in [1.82, 2.24) is 10.6 Å². The van der Waals surface area contributed by atoms with Crippen LogP contribution in [-0.2, 0) is 4.79 Å². The standard InChI is InChI=1S/C7H9NO2.C7H15NO/c1-2-8-7(9)6-4-3-5-10-6;1-7(9)5-3-4-6-8-2/h3-5H,2H2,1H3,(H,8,9);8H,3-6H2,1-2H3. The van der Waals surface area contributed by atoms with Gasteiger partial charge in [0.2, 0.25) is 0 Å². The van der Waals surface area contributed by atoms with E-state index in [1.807, 2.05) is 14.0 Å². The topological polar surface area (TPSA) is 71.3 Å². The molecule has 108 valence electrons. The fourth-order valence-electron chi connectivity index (χ4n) is 1.33. The van der Waals surface area contributed by atoms with Gasteiger partial charge in [0.15, 0.2) is 5.76 Å². The van der Waals surface area contributed by atoms with Crippen LogP contribution in [0, 0.1) is 0 Å². The lowest BCUT2D eigenvalue weighted by atomic mass is 10.2. The lowest BCUT2D eigenvalue weighted by molar-refractivity contribution is -0.117. The third-order valence-corrected chi connectivity index (χ3v) is 2.29. The molecule has 0 bridgehead atoms. The summed E-state index contributed by atoms with van der Waals surface area (Å²) >= 11 is 0. The van der Waals surface area contributed by atoms with Gasteiger partial charge in [-0.2, -0.15) is 0 Å². The van der Waals surface area contributed by atoms with Crippen LogP contribution in [0.3, 0.4) is 0 Å². The molecule has 1 rings (SSSR count). The Balaban J connectivity index is 0.000000344. The van der Waals surface area contributed by atoms with Crippen LogP contribution >= 0.6 is 0 Å². The molecule has 0 saturated heterocycles. The molecule has 0 aromatic carbocycles. The molecular weight excluding hydrogens is 244 g/mol. The van der Waals surface area contributed by atoms with Crippen molar-refractivity contribution in [1.29, 1.82) is 0 Å². The molecule has 0 aliphatic heterocycles. The lowest BCUT2D eigenvalue weighted by Gasteiger charge is -1.95. The fraction of sp³-hybridized carbons (Fsp3) is 0.571. The van der Waals surface area contributed by atoms with Crippen LogP contribution in [0.1, 0.15) is 43.7 Å². The monoisotopic (exact) mass is 268 g/mol. The smallest absolute Gasteiger partial charge is 0.286 e. The predicted molar refractivity (Wildman–Crippen MR) is 75.2 cm³/mol. The van der Waals surface area contributed by atoms with Crippen LogP contribution < -0.4 is 10.6 Å². The number of hydrogen-bond acceptors (Lipinski definition) is 4. The summed E-state index contributed by atoms with van der Waals surface area (Å²) in [5.74, 6) is 0.500. The van der Waals surface area contributed by atoms with Gasteiger partial charge in [-0.3, -0.25) is 4.79 Å². The van der Waals surface area contributed by atoms with E-state index in [2.05, 4.69) is 10.6 Å². The molecule has 2 N–H and O–H groups in total. The highest BCUT2D eigenvalue weighted by atomic mass is 16.3. The minimum absolute atomic E-state index is 0.160. The van der Waals surface area contributed by atoms with Gasteiger partial charge in [-0.25, -0.2) is 0 Å². The zero-order chi connectivity index (χ0) is 14.5. The number of ketones is 1. The molecule has 0 aliphatic carbocycles. The van der Waals surface area contributed by atoms with Crippen molar-refractivity contribution >= 4 is 11.7 Å². The molecule has 19 heavy (non-hydrogen) atoms. The highest BCUT2D eigenvalue weighted by molar-refractivity contribution is 5.91. The van der Waals surface area contributed by atoms with Gasteiger partial charge in [0.25, 0.3) is 5.91 Å². The molecule has 0 radical (unpaired) electrons. The van der Waals surface area contributed by atoms with Gasteiger partial charge in [0.05, 0.1) is 6.26 Å². The molecule has 1 aromatic rings. The summed E-state index contributed by atoms with van der Waals surface area (Å²) in [5.41, 5.74) is 0.